The minimum Gasteiger partial charge on any atom is -0.361 e. The van der Waals surface area contributed by atoms with Crippen molar-refractivity contribution in [3.63, 3.8) is 0 Å². The Balaban J connectivity index is 2.38. The highest BCUT2D eigenvalue weighted by Gasteiger charge is 2.22. The van der Waals surface area contributed by atoms with Crippen molar-refractivity contribution in [1.29, 1.82) is 0 Å². The number of H-pyrrole nitrogens is 1. The monoisotopic (exact) mass is 320 g/mol. The van der Waals surface area contributed by atoms with Gasteiger partial charge in [-0.25, -0.2) is 0 Å². The molecule has 3 aromatic rings. The van der Waals surface area contributed by atoms with Crippen molar-refractivity contribution in [3.05, 3.63) is 58.3 Å². The normalized spacial score (nSPS) is 11.0. The van der Waals surface area contributed by atoms with Gasteiger partial charge >= 0.3 is 0 Å². The maximum absolute atomic E-state index is 12.4. The Bertz CT molecular complexity index is 935. The number of carbonyl (C=O) groups excluding carboxylic acids is 1. The minimum atomic E-state index is 0.000951. The number of amides is 1. The lowest BCUT2D eigenvalue weighted by molar-refractivity contribution is 0.0961. The number of fused-ring (bicyclic) bond motifs is 1. The molecular weight excluding hydrogens is 296 g/mol. The van der Waals surface area contributed by atoms with Crippen molar-refractivity contribution in [3.8, 4) is 11.1 Å². The van der Waals surface area contributed by atoms with Gasteiger partial charge in [0, 0.05) is 35.3 Å². The summed E-state index contributed by atoms with van der Waals surface area (Å²) >= 11 is 0. The molecule has 0 aliphatic rings. The molecule has 2 aromatic carbocycles. The SMILES string of the molecule is CCc1c(C)c(-c2c[nH]c3ccccc23)c(C)c(C)c1C(=O)NC. The third-order valence-corrected chi connectivity index (χ3v) is 5.11. The molecule has 0 aliphatic heterocycles. The lowest BCUT2D eigenvalue weighted by Crippen LogP contribution is -2.22. The second-order valence-corrected chi connectivity index (χ2v) is 6.28. The average Bonchev–Trinajstić information content (AvgIpc) is 3.01. The van der Waals surface area contributed by atoms with Crippen LogP contribution in [0.25, 0.3) is 22.0 Å². The van der Waals surface area contributed by atoms with Crippen molar-refractivity contribution in [2.75, 3.05) is 7.05 Å². The molecule has 0 unspecified atom stereocenters. The van der Waals surface area contributed by atoms with E-state index in [2.05, 4.69) is 62.4 Å². The number of para-hydroxylation sites is 1. The molecule has 0 bridgehead atoms. The van der Waals surface area contributed by atoms with Crippen LogP contribution in [0.5, 0.6) is 0 Å². The summed E-state index contributed by atoms with van der Waals surface area (Å²) in [5, 5.41) is 4.01. The molecule has 0 saturated heterocycles. The molecule has 0 atom stereocenters. The quantitative estimate of drug-likeness (QED) is 0.723. The van der Waals surface area contributed by atoms with Gasteiger partial charge in [0.2, 0.25) is 0 Å². The Hall–Kier alpha value is -2.55. The molecule has 3 rings (SSSR count). The second kappa shape index (κ2) is 6.16. The van der Waals surface area contributed by atoms with Crippen molar-refractivity contribution < 1.29 is 4.79 Å². The van der Waals surface area contributed by atoms with Crippen LogP contribution in [0.15, 0.2) is 30.5 Å². The Morgan fingerprint density at radius 2 is 1.79 bits per heavy atom. The highest BCUT2D eigenvalue weighted by molar-refractivity contribution is 6.02. The molecule has 3 heteroatoms. The molecule has 0 spiro atoms. The van der Waals surface area contributed by atoms with Gasteiger partial charge in [-0.1, -0.05) is 25.1 Å². The van der Waals surface area contributed by atoms with Gasteiger partial charge in [0.1, 0.15) is 0 Å². The molecule has 24 heavy (non-hydrogen) atoms. The van der Waals surface area contributed by atoms with E-state index in [0.717, 1.165) is 28.6 Å². The fraction of sp³-hybridized carbons (Fsp3) is 0.286. The van der Waals surface area contributed by atoms with Crippen molar-refractivity contribution >= 4 is 16.8 Å². The summed E-state index contributed by atoms with van der Waals surface area (Å²) in [6.07, 6.45) is 2.92. The van der Waals surface area contributed by atoms with E-state index in [1.807, 2.05) is 6.07 Å². The molecule has 1 aromatic heterocycles. The Labute approximate surface area is 143 Å². The molecule has 0 saturated carbocycles. The largest absolute Gasteiger partial charge is 0.361 e. The lowest BCUT2D eigenvalue weighted by Gasteiger charge is -2.21. The van der Waals surface area contributed by atoms with Gasteiger partial charge < -0.3 is 10.3 Å². The third kappa shape index (κ3) is 2.32. The van der Waals surface area contributed by atoms with Gasteiger partial charge in [0.15, 0.2) is 0 Å². The van der Waals surface area contributed by atoms with E-state index in [1.165, 1.54) is 27.6 Å². The number of hydrogen-bond donors (Lipinski definition) is 2. The fourth-order valence-corrected chi connectivity index (χ4v) is 3.78. The molecule has 1 heterocycles. The van der Waals surface area contributed by atoms with E-state index in [1.54, 1.807) is 7.05 Å². The van der Waals surface area contributed by atoms with Crippen LogP contribution < -0.4 is 5.32 Å². The molecule has 0 fully saturated rings. The smallest absolute Gasteiger partial charge is 0.251 e. The van der Waals surface area contributed by atoms with Crippen LogP contribution in [0.2, 0.25) is 0 Å². The lowest BCUT2D eigenvalue weighted by atomic mass is 9.84. The maximum Gasteiger partial charge on any atom is 0.251 e. The first-order chi connectivity index (χ1) is 11.5. The van der Waals surface area contributed by atoms with Gasteiger partial charge in [-0.15, -0.1) is 0 Å². The Kier molecular flexibility index (Phi) is 4.18. The van der Waals surface area contributed by atoms with Crippen LogP contribution in [-0.2, 0) is 6.42 Å². The van der Waals surface area contributed by atoms with E-state index >= 15 is 0 Å². The number of benzene rings is 2. The maximum atomic E-state index is 12.4. The molecule has 124 valence electrons. The number of hydrogen-bond acceptors (Lipinski definition) is 1. The topological polar surface area (TPSA) is 44.9 Å². The van der Waals surface area contributed by atoms with Gasteiger partial charge in [-0.05, 0) is 61.1 Å². The molecule has 3 nitrogen and oxygen atoms in total. The van der Waals surface area contributed by atoms with Gasteiger partial charge in [0.25, 0.3) is 5.91 Å². The zero-order valence-electron chi connectivity index (χ0n) is 15.0. The zero-order valence-corrected chi connectivity index (χ0v) is 15.0. The van der Waals surface area contributed by atoms with Crippen molar-refractivity contribution in [2.24, 2.45) is 0 Å². The minimum absolute atomic E-state index is 0.000951. The van der Waals surface area contributed by atoms with Crippen LogP contribution in [0.3, 0.4) is 0 Å². The first-order valence-electron chi connectivity index (χ1n) is 8.42. The van der Waals surface area contributed by atoms with Crippen LogP contribution in [0.1, 0.15) is 39.5 Å². The van der Waals surface area contributed by atoms with E-state index in [4.69, 9.17) is 0 Å². The van der Waals surface area contributed by atoms with Crippen molar-refractivity contribution in [1.82, 2.24) is 10.3 Å². The van der Waals surface area contributed by atoms with E-state index in [0.29, 0.717) is 0 Å². The van der Waals surface area contributed by atoms with Gasteiger partial charge in [-0.3, -0.25) is 4.79 Å². The fourth-order valence-electron chi connectivity index (χ4n) is 3.78. The number of aromatic amines is 1. The molecular formula is C21H24N2O. The summed E-state index contributed by atoms with van der Waals surface area (Å²) in [5.74, 6) is 0.000951. The summed E-state index contributed by atoms with van der Waals surface area (Å²) in [6, 6.07) is 8.35. The van der Waals surface area contributed by atoms with Gasteiger partial charge in [0.05, 0.1) is 0 Å². The van der Waals surface area contributed by atoms with E-state index < -0.39 is 0 Å². The number of aromatic nitrogens is 1. The summed E-state index contributed by atoms with van der Waals surface area (Å²) < 4.78 is 0. The molecule has 2 N–H and O–H groups in total. The standard InChI is InChI=1S/C21H24N2O/c1-6-15-14(4)19(12(2)13(3)20(15)21(24)22-5)17-11-23-18-10-8-7-9-16(17)18/h7-11,23H,6H2,1-5H3,(H,22,24). The van der Waals surface area contributed by atoms with E-state index in [9.17, 15) is 4.79 Å². The van der Waals surface area contributed by atoms with Crippen LogP contribution in [0.4, 0.5) is 0 Å². The first-order valence-corrected chi connectivity index (χ1v) is 8.42. The number of carbonyl (C=O) groups is 1. The predicted octanol–water partition coefficient (Wildman–Crippen LogP) is 4.68. The number of rotatable bonds is 3. The van der Waals surface area contributed by atoms with Gasteiger partial charge in [-0.2, -0.15) is 0 Å². The highest BCUT2D eigenvalue weighted by Crippen LogP contribution is 2.38. The molecule has 0 aliphatic carbocycles. The zero-order chi connectivity index (χ0) is 17.4. The van der Waals surface area contributed by atoms with Crippen LogP contribution in [-0.4, -0.2) is 17.9 Å². The Morgan fingerprint density at radius 3 is 2.46 bits per heavy atom. The number of nitrogens with one attached hydrogen (secondary N) is 2. The second-order valence-electron chi connectivity index (χ2n) is 6.28. The summed E-state index contributed by atoms with van der Waals surface area (Å²) in [7, 11) is 1.69. The van der Waals surface area contributed by atoms with Crippen LogP contribution in [0, 0.1) is 20.8 Å². The Morgan fingerprint density at radius 1 is 1.08 bits per heavy atom. The highest BCUT2D eigenvalue weighted by atomic mass is 16.1. The summed E-state index contributed by atoms with van der Waals surface area (Å²) in [4.78, 5) is 15.8. The summed E-state index contributed by atoms with van der Waals surface area (Å²) in [5.41, 5.74) is 9.00. The van der Waals surface area contributed by atoms with Crippen molar-refractivity contribution in [2.45, 2.75) is 34.1 Å². The predicted molar refractivity (Wildman–Crippen MR) is 101 cm³/mol. The average molecular weight is 320 g/mol. The molecule has 1 amide bonds. The van der Waals surface area contributed by atoms with Crippen LogP contribution >= 0.6 is 0 Å². The first kappa shape index (κ1) is 16.3. The molecule has 0 radical (unpaired) electrons. The summed E-state index contributed by atoms with van der Waals surface area (Å²) in [6.45, 7) is 8.42. The van der Waals surface area contributed by atoms with E-state index in [-0.39, 0.29) is 5.91 Å². The third-order valence-electron chi connectivity index (χ3n) is 5.11.